The second-order valence-electron chi connectivity index (χ2n) is 12.4. The maximum absolute atomic E-state index is 14.9. The summed E-state index contributed by atoms with van der Waals surface area (Å²) in [4.78, 5) is 7.23. The lowest BCUT2D eigenvalue weighted by Gasteiger charge is -2.41. The Kier molecular flexibility index (Phi) is 6.02. The van der Waals surface area contributed by atoms with Gasteiger partial charge in [0.1, 0.15) is 19.8 Å². The molecule has 1 unspecified atom stereocenters. The standard InChI is InChI=1S/C40H29N5O/c1-42-30(21-41)35-36(32-23-13-6-9-16-26(23)38(43(2)3)27-17-10-7-14-24(27)32)40(46)37(35)33-25-15-8-11-18-28(25)39-34-29(33)19-12-20-31(34)44(4)22-45(39)5/h6-20H,22H2,2-5H3/p+1/b35-30+. The molecule has 5 aromatic carbocycles. The fourth-order valence-electron chi connectivity index (χ4n) is 7.88. The predicted octanol–water partition coefficient (Wildman–Crippen LogP) is 5.25. The lowest BCUT2D eigenvalue weighted by Crippen LogP contribution is -3.06. The Bertz CT molecular complexity index is 2360. The van der Waals surface area contributed by atoms with Crippen molar-refractivity contribution < 1.29 is 14.6 Å². The van der Waals surface area contributed by atoms with E-state index in [1.807, 2.05) is 68.7 Å². The number of nitrogens with zero attached hydrogens (tertiary/aromatic N) is 4. The second-order valence-corrected chi connectivity index (χ2v) is 12.4. The van der Waals surface area contributed by atoms with Gasteiger partial charge in [0.05, 0.1) is 41.9 Å². The van der Waals surface area contributed by atoms with E-state index in [-0.39, 0.29) is 11.5 Å². The number of hydrogen-bond acceptors (Lipinski definition) is 3. The zero-order chi connectivity index (χ0) is 31.9. The van der Waals surface area contributed by atoms with E-state index in [2.05, 4.69) is 70.9 Å². The molecule has 8 rings (SSSR count). The van der Waals surface area contributed by atoms with Gasteiger partial charge in [0.2, 0.25) is 5.71 Å². The van der Waals surface area contributed by atoms with Crippen LogP contribution in [0.5, 0.6) is 0 Å². The molecule has 0 bridgehead atoms. The van der Waals surface area contributed by atoms with Crippen LogP contribution in [0, 0.1) is 17.9 Å². The summed E-state index contributed by atoms with van der Waals surface area (Å²) < 4.78 is 2.10. The van der Waals surface area contributed by atoms with Gasteiger partial charge < -0.3 is 10.0 Å². The molecule has 1 N–H and O–H groups in total. The minimum absolute atomic E-state index is 0.0705. The maximum atomic E-state index is 14.9. The Labute approximate surface area is 267 Å². The Balaban J connectivity index is 1.56. The van der Waals surface area contributed by atoms with Crippen LogP contribution in [0.15, 0.2) is 114 Å². The number of fused-ring (bicyclic) bond motifs is 4. The number of nitrogens with one attached hydrogen (secondary N) is 1. The van der Waals surface area contributed by atoms with Gasteiger partial charge in [-0.1, -0.05) is 72.5 Å². The van der Waals surface area contributed by atoms with Crippen molar-refractivity contribution in [3.8, 4) is 6.07 Å². The minimum Gasteiger partial charge on any atom is -0.872 e. The smallest absolute Gasteiger partial charge is 0.270 e. The van der Waals surface area contributed by atoms with Crippen molar-refractivity contribution in [1.82, 2.24) is 0 Å². The molecule has 2 aliphatic carbocycles. The summed E-state index contributed by atoms with van der Waals surface area (Å²) in [6.45, 7) is 8.90. The molecule has 5 aromatic rings. The fourth-order valence-corrected chi connectivity index (χ4v) is 7.88. The molecule has 6 heteroatoms. The first kappa shape index (κ1) is 27.6. The van der Waals surface area contributed by atoms with Crippen LogP contribution in [0.2, 0.25) is 0 Å². The lowest BCUT2D eigenvalue weighted by molar-refractivity contribution is -0.808. The van der Waals surface area contributed by atoms with Crippen molar-refractivity contribution in [2.24, 2.45) is 0 Å². The number of anilines is 1. The number of allylic oxidation sites excluding steroid dienone is 3. The van der Waals surface area contributed by atoms with Crippen LogP contribution in [0.3, 0.4) is 0 Å². The van der Waals surface area contributed by atoms with Crippen LogP contribution in [-0.4, -0.2) is 45.1 Å². The Morgan fingerprint density at radius 3 is 2.02 bits per heavy atom. The number of hydrogen-bond donors (Lipinski definition) is 1. The summed E-state index contributed by atoms with van der Waals surface area (Å²) >= 11 is 0. The Morgan fingerprint density at radius 1 is 0.826 bits per heavy atom. The number of rotatable bonds is 1. The highest BCUT2D eigenvalue weighted by Gasteiger charge is 2.39. The van der Waals surface area contributed by atoms with Crippen molar-refractivity contribution in [2.75, 3.05) is 39.8 Å². The first-order valence-corrected chi connectivity index (χ1v) is 15.3. The third-order valence-corrected chi connectivity index (χ3v) is 9.60. The zero-order valence-electron chi connectivity index (χ0n) is 26.1. The van der Waals surface area contributed by atoms with Gasteiger partial charge in [0.25, 0.3) is 5.70 Å². The molecular formula is C40H30N5O+. The molecule has 0 saturated heterocycles. The third-order valence-electron chi connectivity index (χ3n) is 9.60. The van der Waals surface area contributed by atoms with Gasteiger partial charge in [-0.2, -0.15) is 0 Å². The predicted molar refractivity (Wildman–Crippen MR) is 182 cm³/mol. The van der Waals surface area contributed by atoms with E-state index < -0.39 is 0 Å². The molecule has 0 saturated carbocycles. The lowest BCUT2D eigenvalue weighted by atomic mass is 9.69. The molecule has 1 atom stereocenters. The molecule has 1 aliphatic heterocycles. The van der Waals surface area contributed by atoms with Gasteiger partial charge in [-0.25, -0.2) is 14.7 Å². The van der Waals surface area contributed by atoms with Gasteiger partial charge in [0.15, 0.2) is 6.67 Å². The molecule has 0 aromatic heterocycles. The van der Waals surface area contributed by atoms with Crippen molar-refractivity contribution in [3.63, 3.8) is 0 Å². The van der Waals surface area contributed by atoms with Crippen molar-refractivity contribution in [3.05, 3.63) is 153 Å². The van der Waals surface area contributed by atoms with Gasteiger partial charge in [-0.3, -0.25) is 4.90 Å². The quantitative estimate of drug-likeness (QED) is 0.122. The van der Waals surface area contributed by atoms with Crippen LogP contribution in [0.1, 0.15) is 27.8 Å². The van der Waals surface area contributed by atoms with Crippen molar-refractivity contribution in [2.45, 2.75) is 0 Å². The van der Waals surface area contributed by atoms with Crippen LogP contribution < -0.4 is 14.9 Å². The molecule has 3 aliphatic rings. The third kappa shape index (κ3) is 3.56. The first-order valence-electron chi connectivity index (χ1n) is 15.3. The summed E-state index contributed by atoms with van der Waals surface area (Å²) in [7, 11) is 8.32. The highest BCUT2D eigenvalue weighted by molar-refractivity contribution is 6.25. The fraction of sp³-hybridized carbons (Fsp3) is 0.125. The van der Waals surface area contributed by atoms with Gasteiger partial charge >= 0.3 is 0 Å². The highest BCUT2D eigenvalue weighted by atomic mass is 16.3. The Hall–Kier alpha value is -5.95. The molecule has 0 radical (unpaired) electrons. The molecule has 0 spiro atoms. The molecule has 0 amide bonds. The minimum atomic E-state index is -0.143. The van der Waals surface area contributed by atoms with E-state index in [1.165, 1.54) is 10.6 Å². The molecular weight excluding hydrogens is 566 g/mol. The number of benzene rings is 5. The molecule has 220 valence electrons. The first-order chi connectivity index (χ1) is 22.4. The summed E-state index contributed by atoms with van der Waals surface area (Å²) in [6, 6.07) is 32.8. The highest BCUT2D eigenvalue weighted by Crippen LogP contribution is 2.55. The van der Waals surface area contributed by atoms with E-state index in [0.717, 1.165) is 73.0 Å². The van der Waals surface area contributed by atoms with E-state index in [4.69, 9.17) is 6.57 Å². The van der Waals surface area contributed by atoms with E-state index in [0.29, 0.717) is 16.7 Å². The van der Waals surface area contributed by atoms with E-state index in [9.17, 15) is 10.4 Å². The summed E-state index contributed by atoms with van der Waals surface area (Å²) in [5.41, 5.74) is 10.0. The average molecular weight is 597 g/mol. The van der Waals surface area contributed by atoms with E-state index >= 15 is 0 Å². The number of nitriles is 1. The van der Waals surface area contributed by atoms with Crippen LogP contribution in [0.25, 0.3) is 37.5 Å². The van der Waals surface area contributed by atoms with Gasteiger partial charge in [-0.15, -0.1) is 0 Å². The molecule has 0 fully saturated rings. The zero-order valence-corrected chi connectivity index (χ0v) is 26.1. The van der Waals surface area contributed by atoms with Gasteiger partial charge in [-0.05, 0) is 68.4 Å². The topological polar surface area (TPSA) is 61.9 Å². The summed E-state index contributed by atoms with van der Waals surface area (Å²) in [5, 5.41) is 29.4. The normalized spacial score (nSPS) is 17.7. The van der Waals surface area contributed by atoms with Crippen LogP contribution in [0.4, 0.5) is 11.4 Å². The van der Waals surface area contributed by atoms with Crippen molar-refractivity contribution in [1.29, 1.82) is 5.26 Å². The number of quaternary nitrogens is 1. The SMILES string of the molecule is [C-]#[N+]/C(C#N)=C1\C(=C2c3ccccc3C(=[N+](C)C)c3ccccc32)C([O-])=C1c1c2ccccc2c2c3c(cccc13)N(C)C[NH+]2C. The van der Waals surface area contributed by atoms with Crippen LogP contribution in [-0.2, 0) is 0 Å². The Morgan fingerprint density at radius 2 is 1.41 bits per heavy atom. The second kappa shape index (κ2) is 10.0. The summed E-state index contributed by atoms with van der Waals surface area (Å²) in [6.07, 6.45) is 0. The van der Waals surface area contributed by atoms with E-state index in [1.54, 1.807) is 0 Å². The molecule has 1 heterocycles. The maximum Gasteiger partial charge on any atom is 0.270 e. The molecule has 46 heavy (non-hydrogen) atoms. The van der Waals surface area contributed by atoms with Crippen molar-refractivity contribution >= 4 is 49.8 Å². The average Bonchev–Trinajstić information content (AvgIpc) is 3.07. The monoisotopic (exact) mass is 596 g/mol. The van der Waals surface area contributed by atoms with Gasteiger partial charge in [0, 0.05) is 18.0 Å². The largest absolute Gasteiger partial charge is 0.872 e. The molecule has 6 nitrogen and oxygen atoms in total. The van der Waals surface area contributed by atoms with Crippen LogP contribution >= 0.6 is 0 Å². The summed E-state index contributed by atoms with van der Waals surface area (Å²) in [5.74, 6) is -0.143.